The summed E-state index contributed by atoms with van der Waals surface area (Å²) in [4.78, 5) is 12.6. The number of hydrogen-bond donors (Lipinski definition) is 1. The summed E-state index contributed by atoms with van der Waals surface area (Å²) in [5.41, 5.74) is 4.08. The Morgan fingerprint density at radius 2 is 1.80 bits per heavy atom. The summed E-state index contributed by atoms with van der Waals surface area (Å²) >= 11 is 0. The topological polar surface area (TPSA) is 38.3 Å². The smallest absolute Gasteiger partial charge is 0.261 e. The Morgan fingerprint density at radius 3 is 2.52 bits per heavy atom. The van der Waals surface area contributed by atoms with Crippen molar-refractivity contribution in [2.45, 2.75) is 58.1 Å². The minimum Gasteiger partial charge on any atom is -0.481 e. The van der Waals surface area contributed by atoms with E-state index in [4.69, 9.17) is 4.74 Å². The summed E-state index contributed by atoms with van der Waals surface area (Å²) in [6, 6.07) is 16.1. The van der Waals surface area contributed by atoms with Gasteiger partial charge in [0.2, 0.25) is 0 Å². The number of amides is 1. The molecule has 3 rings (SSSR count). The van der Waals surface area contributed by atoms with Crippen LogP contribution in [-0.4, -0.2) is 12.0 Å². The minimum atomic E-state index is -0.470. The Morgan fingerprint density at radius 1 is 1.08 bits per heavy atom. The van der Waals surface area contributed by atoms with E-state index in [1.165, 1.54) is 36.0 Å². The zero-order chi connectivity index (χ0) is 17.6. The largest absolute Gasteiger partial charge is 0.481 e. The Hall–Kier alpha value is -2.29. The highest BCUT2D eigenvalue weighted by molar-refractivity contribution is 5.81. The van der Waals surface area contributed by atoms with Crippen LogP contribution in [0.3, 0.4) is 0 Å². The van der Waals surface area contributed by atoms with Gasteiger partial charge in [-0.3, -0.25) is 4.79 Å². The molecule has 0 saturated heterocycles. The van der Waals surface area contributed by atoms with Gasteiger partial charge in [-0.05, 0) is 67.9 Å². The molecule has 1 amide bonds. The second-order valence-corrected chi connectivity index (χ2v) is 6.79. The standard InChI is InChI=1S/C22H27NO2/c1-3-21(25-20-11-5-4-6-12-20)22(24)23-16(2)18-14-13-17-9-7-8-10-19(17)15-18/h4-6,11-16,21H,3,7-10H2,1-2H3,(H,23,24). The molecule has 3 nitrogen and oxygen atoms in total. The van der Waals surface area contributed by atoms with Crippen LogP contribution in [0.25, 0.3) is 0 Å². The average molecular weight is 337 g/mol. The van der Waals surface area contributed by atoms with Crippen molar-refractivity contribution >= 4 is 5.91 Å². The third-order valence-corrected chi connectivity index (χ3v) is 4.92. The quantitative estimate of drug-likeness (QED) is 0.836. The molecule has 2 aromatic carbocycles. The highest BCUT2D eigenvalue weighted by Crippen LogP contribution is 2.25. The van der Waals surface area contributed by atoms with Crippen LogP contribution in [0.2, 0.25) is 0 Å². The molecule has 2 aromatic rings. The predicted octanol–water partition coefficient (Wildman–Crippen LogP) is 4.60. The molecule has 1 aliphatic rings. The van der Waals surface area contributed by atoms with Gasteiger partial charge >= 0.3 is 0 Å². The Balaban J connectivity index is 1.64. The number of rotatable bonds is 6. The van der Waals surface area contributed by atoms with E-state index in [2.05, 4.69) is 23.5 Å². The molecule has 1 N–H and O–H groups in total. The third kappa shape index (κ3) is 4.41. The summed E-state index contributed by atoms with van der Waals surface area (Å²) < 4.78 is 5.84. The van der Waals surface area contributed by atoms with Crippen LogP contribution in [-0.2, 0) is 17.6 Å². The number of carbonyl (C=O) groups is 1. The first-order chi connectivity index (χ1) is 12.2. The number of benzene rings is 2. The Bertz CT molecular complexity index is 711. The first kappa shape index (κ1) is 17.5. The van der Waals surface area contributed by atoms with Gasteiger partial charge in [0.15, 0.2) is 6.10 Å². The molecule has 0 bridgehead atoms. The van der Waals surface area contributed by atoms with E-state index in [1.807, 2.05) is 44.2 Å². The van der Waals surface area contributed by atoms with Gasteiger partial charge in [-0.1, -0.05) is 43.3 Å². The van der Waals surface area contributed by atoms with Crippen LogP contribution in [0.5, 0.6) is 5.75 Å². The molecule has 25 heavy (non-hydrogen) atoms. The average Bonchev–Trinajstić information content (AvgIpc) is 2.66. The predicted molar refractivity (Wildman–Crippen MR) is 101 cm³/mol. The summed E-state index contributed by atoms with van der Waals surface area (Å²) in [5, 5.41) is 3.11. The Labute approximate surface area is 150 Å². The van der Waals surface area contributed by atoms with Crippen molar-refractivity contribution in [1.29, 1.82) is 0 Å². The lowest BCUT2D eigenvalue weighted by molar-refractivity contribution is -0.128. The van der Waals surface area contributed by atoms with E-state index in [1.54, 1.807) is 0 Å². The van der Waals surface area contributed by atoms with Gasteiger partial charge in [0.05, 0.1) is 6.04 Å². The fourth-order valence-electron chi connectivity index (χ4n) is 3.40. The van der Waals surface area contributed by atoms with Gasteiger partial charge in [0.25, 0.3) is 5.91 Å². The van der Waals surface area contributed by atoms with Crippen LogP contribution in [0.15, 0.2) is 48.5 Å². The zero-order valence-corrected chi connectivity index (χ0v) is 15.1. The van der Waals surface area contributed by atoms with Crippen LogP contribution in [0.4, 0.5) is 0 Å². The molecular formula is C22H27NO2. The second kappa shape index (κ2) is 8.19. The van der Waals surface area contributed by atoms with E-state index in [9.17, 15) is 4.79 Å². The molecule has 0 radical (unpaired) electrons. The van der Waals surface area contributed by atoms with Gasteiger partial charge in [0.1, 0.15) is 5.75 Å². The number of hydrogen-bond acceptors (Lipinski definition) is 2. The molecule has 0 aliphatic heterocycles. The molecule has 1 aliphatic carbocycles. The van der Waals surface area contributed by atoms with E-state index in [-0.39, 0.29) is 11.9 Å². The lowest BCUT2D eigenvalue weighted by Crippen LogP contribution is -2.39. The summed E-state index contributed by atoms with van der Waals surface area (Å²) in [6.07, 6.45) is 5.05. The first-order valence-electron chi connectivity index (χ1n) is 9.31. The summed E-state index contributed by atoms with van der Waals surface area (Å²) in [6.45, 7) is 4.01. The fourth-order valence-corrected chi connectivity index (χ4v) is 3.40. The van der Waals surface area contributed by atoms with Crippen LogP contribution < -0.4 is 10.1 Å². The SMILES string of the molecule is CCC(Oc1ccccc1)C(=O)NC(C)c1ccc2c(c1)CCCC2. The number of para-hydroxylation sites is 1. The number of fused-ring (bicyclic) bond motifs is 1. The monoisotopic (exact) mass is 337 g/mol. The molecule has 2 unspecified atom stereocenters. The highest BCUT2D eigenvalue weighted by atomic mass is 16.5. The third-order valence-electron chi connectivity index (χ3n) is 4.92. The summed E-state index contributed by atoms with van der Waals surface area (Å²) in [7, 11) is 0. The van der Waals surface area contributed by atoms with Crippen LogP contribution in [0, 0.1) is 0 Å². The second-order valence-electron chi connectivity index (χ2n) is 6.79. The molecule has 3 heteroatoms. The van der Waals surface area contributed by atoms with E-state index in [0.29, 0.717) is 6.42 Å². The maximum Gasteiger partial charge on any atom is 0.261 e. The van der Waals surface area contributed by atoms with Crippen molar-refractivity contribution in [3.05, 3.63) is 65.2 Å². The van der Waals surface area contributed by atoms with Crippen molar-refractivity contribution < 1.29 is 9.53 Å². The summed E-state index contributed by atoms with van der Waals surface area (Å²) in [5.74, 6) is 0.669. The number of ether oxygens (including phenoxy) is 1. The van der Waals surface area contributed by atoms with Crippen molar-refractivity contribution in [1.82, 2.24) is 5.32 Å². The van der Waals surface area contributed by atoms with Gasteiger partial charge in [-0.2, -0.15) is 0 Å². The van der Waals surface area contributed by atoms with Crippen molar-refractivity contribution in [3.63, 3.8) is 0 Å². The molecule has 2 atom stereocenters. The highest BCUT2D eigenvalue weighted by Gasteiger charge is 2.21. The number of carbonyl (C=O) groups excluding carboxylic acids is 1. The maximum atomic E-state index is 12.6. The van der Waals surface area contributed by atoms with Gasteiger partial charge in [-0.15, -0.1) is 0 Å². The van der Waals surface area contributed by atoms with Gasteiger partial charge < -0.3 is 10.1 Å². The maximum absolute atomic E-state index is 12.6. The molecule has 132 valence electrons. The Kier molecular flexibility index (Phi) is 5.75. The molecule has 0 spiro atoms. The molecule has 0 heterocycles. The van der Waals surface area contributed by atoms with Crippen molar-refractivity contribution in [2.24, 2.45) is 0 Å². The fraction of sp³-hybridized carbons (Fsp3) is 0.409. The van der Waals surface area contributed by atoms with E-state index >= 15 is 0 Å². The molecule has 0 aromatic heterocycles. The van der Waals surface area contributed by atoms with Crippen LogP contribution in [0.1, 0.15) is 55.8 Å². The lowest BCUT2D eigenvalue weighted by Gasteiger charge is -2.22. The molecule has 0 fully saturated rings. The normalized spacial score (nSPS) is 15.8. The zero-order valence-electron chi connectivity index (χ0n) is 15.1. The van der Waals surface area contributed by atoms with Crippen molar-refractivity contribution in [2.75, 3.05) is 0 Å². The first-order valence-corrected chi connectivity index (χ1v) is 9.31. The lowest BCUT2D eigenvalue weighted by atomic mass is 9.89. The van der Waals surface area contributed by atoms with Crippen molar-refractivity contribution in [3.8, 4) is 5.75 Å². The van der Waals surface area contributed by atoms with E-state index in [0.717, 1.165) is 12.2 Å². The number of nitrogens with one attached hydrogen (secondary N) is 1. The minimum absolute atomic E-state index is 0.0202. The number of aryl methyl sites for hydroxylation is 2. The van der Waals surface area contributed by atoms with Crippen LogP contribution >= 0.6 is 0 Å². The molecule has 0 saturated carbocycles. The van der Waals surface area contributed by atoms with Gasteiger partial charge in [0, 0.05) is 0 Å². The molecular weight excluding hydrogens is 310 g/mol. The van der Waals surface area contributed by atoms with E-state index < -0.39 is 6.10 Å². The van der Waals surface area contributed by atoms with Gasteiger partial charge in [-0.25, -0.2) is 0 Å².